The number of nitrogens with zero attached hydrogens (tertiary/aromatic N) is 2. The maximum atomic E-state index is 12.3. The third-order valence-electron chi connectivity index (χ3n) is 4.76. The molecular weight excluding hydrogens is 362 g/mol. The van der Waals surface area contributed by atoms with E-state index in [0.717, 1.165) is 30.9 Å². The van der Waals surface area contributed by atoms with Gasteiger partial charge in [0.25, 0.3) is 0 Å². The molecule has 0 aliphatic carbocycles. The average Bonchev–Trinajstić information content (AvgIpc) is 3.11. The van der Waals surface area contributed by atoms with Gasteiger partial charge in [-0.05, 0) is 50.1 Å². The van der Waals surface area contributed by atoms with E-state index >= 15 is 0 Å². The lowest BCUT2D eigenvalue weighted by atomic mass is 10.1. The predicted octanol–water partition coefficient (Wildman–Crippen LogP) is 2.20. The number of hydrogen-bond acceptors (Lipinski definition) is 5. The van der Waals surface area contributed by atoms with Crippen molar-refractivity contribution in [3.8, 4) is 0 Å². The summed E-state index contributed by atoms with van der Waals surface area (Å²) in [7, 11) is -3.29. The van der Waals surface area contributed by atoms with Crippen LogP contribution in [0.3, 0.4) is 0 Å². The summed E-state index contributed by atoms with van der Waals surface area (Å²) in [4.78, 5) is 19.1. The fourth-order valence-corrected chi connectivity index (χ4v) is 4.22. The fraction of sp³-hybridized carbons (Fsp3) is 0.400. The van der Waals surface area contributed by atoms with E-state index in [0.29, 0.717) is 4.90 Å². The summed E-state index contributed by atoms with van der Waals surface area (Å²) in [6.07, 6.45) is 2.89. The lowest BCUT2D eigenvalue weighted by Crippen LogP contribution is -2.38. The molecule has 1 aromatic heterocycles. The van der Waals surface area contributed by atoms with E-state index in [4.69, 9.17) is 0 Å². The number of pyridine rings is 1. The molecule has 0 saturated carbocycles. The minimum absolute atomic E-state index is 0.0534. The van der Waals surface area contributed by atoms with Crippen molar-refractivity contribution in [2.75, 3.05) is 18.0 Å². The van der Waals surface area contributed by atoms with Crippen molar-refractivity contribution in [2.24, 2.45) is 0 Å². The molecular formula is C20H25N3O3S. The van der Waals surface area contributed by atoms with Crippen molar-refractivity contribution in [2.45, 2.75) is 42.9 Å². The Hall–Kier alpha value is -2.41. The van der Waals surface area contributed by atoms with Crippen molar-refractivity contribution in [3.63, 3.8) is 0 Å². The Balaban J connectivity index is 1.54. The number of sulfone groups is 1. The Morgan fingerprint density at radius 1 is 1.22 bits per heavy atom. The summed E-state index contributed by atoms with van der Waals surface area (Å²) in [6.45, 7) is 4.93. The van der Waals surface area contributed by atoms with Gasteiger partial charge in [-0.1, -0.05) is 18.2 Å². The minimum Gasteiger partial charge on any atom is -0.354 e. The lowest BCUT2D eigenvalue weighted by Gasteiger charge is -2.17. The van der Waals surface area contributed by atoms with Crippen LogP contribution in [0.1, 0.15) is 25.8 Å². The molecule has 6 nitrogen and oxygen atoms in total. The van der Waals surface area contributed by atoms with Gasteiger partial charge in [0.2, 0.25) is 5.91 Å². The summed E-state index contributed by atoms with van der Waals surface area (Å²) in [5, 5.41) is 2.60. The van der Waals surface area contributed by atoms with Gasteiger partial charge in [-0.2, -0.15) is 0 Å². The largest absolute Gasteiger partial charge is 0.354 e. The number of anilines is 1. The standard InChI is InChI=1S/C20H25N3O3S/c1-15(2)27(25,26)18-8-6-16(7-9-18)13-20(24)22-17-10-12-23(14-17)19-5-3-4-11-21-19/h3-9,11,15,17H,10,12-14H2,1-2H3,(H,22,24)/t17-/m1/s1. The Kier molecular flexibility index (Phi) is 5.79. The first kappa shape index (κ1) is 19.4. The number of aromatic nitrogens is 1. The maximum absolute atomic E-state index is 12.3. The number of rotatable bonds is 6. The number of carbonyl (C=O) groups excluding carboxylic acids is 1. The molecule has 144 valence electrons. The summed E-state index contributed by atoms with van der Waals surface area (Å²) >= 11 is 0. The van der Waals surface area contributed by atoms with E-state index in [1.807, 2.05) is 18.2 Å². The van der Waals surface area contributed by atoms with E-state index < -0.39 is 15.1 Å². The van der Waals surface area contributed by atoms with Crippen LogP contribution in [0.4, 0.5) is 5.82 Å². The smallest absolute Gasteiger partial charge is 0.224 e. The third kappa shape index (κ3) is 4.66. The van der Waals surface area contributed by atoms with E-state index in [2.05, 4.69) is 15.2 Å². The predicted molar refractivity (Wildman–Crippen MR) is 105 cm³/mol. The third-order valence-corrected chi connectivity index (χ3v) is 6.93. The molecule has 1 N–H and O–H groups in total. The molecule has 1 amide bonds. The van der Waals surface area contributed by atoms with Crippen LogP contribution in [0, 0.1) is 0 Å². The molecule has 1 aliphatic rings. The molecule has 1 aromatic carbocycles. The summed E-state index contributed by atoms with van der Waals surface area (Å²) in [6, 6.07) is 12.5. The van der Waals surface area contributed by atoms with Gasteiger partial charge in [0.15, 0.2) is 9.84 Å². The van der Waals surface area contributed by atoms with Gasteiger partial charge in [-0.15, -0.1) is 0 Å². The van der Waals surface area contributed by atoms with Crippen molar-refractivity contribution >= 4 is 21.6 Å². The van der Waals surface area contributed by atoms with Crippen LogP contribution in [0.25, 0.3) is 0 Å². The molecule has 0 radical (unpaired) electrons. The van der Waals surface area contributed by atoms with Crippen LogP contribution < -0.4 is 10.2 Å². The van der Waals surface area contributed by atoms with Crippen molar-refractivity contribution in [3.05, 3.63) is 54.2 Å². The van der Waals surface area contributed by atoms with Crippen LogP contribution in [-0.4, -0.2) is 43.7 Å². The summed E-state index contributed by atoms with van der Waals surface area (Å²) in [5.74, 6) is 0.874. The second kappa shape index (κ2) is 8.08. The normalized spacial score (nSPS) is 17.3. The van der Waals surface area contributed by atoms with Gasteiger partial charge in [0.1, 0.15) is 5.82 Å². The summed E-state index contributed by atoms with van der Waals surface area (Å²) in [5.41, 5.74) is 0.801. The number of benzene rings is 1. The highest BCUT2D eigenvalue weighted by Gasteiger charge is 2.25. The average molecular weight is 388 g/mol. The van der Waals surface area contributed by atoms with E-state index in [1.54, 1.807) is 44.3 Å². The molecule has 3 rings (SSSR count). The Labute approximate surface area is 160 Å². The maximum Gasteiger partial charge on any atom is 0.224 e. The number of nitrogens with one attached hydrogen (secondary N) is 1. The van der Waals surface area contributed by atoms with Crippen LogP contribution in [0.5, 0.6) is 0 Å². The second-order valence-electron chi connectivity index (χ2n) is 7.10. The SMILES string of the molecule is CC(C)S(=O)(=O)c1ccc(CC(=O)N[C@@H]2CCN(c3ccccn3)C2)cc1. The van der Waals surface area contributed by atoms with Crippen LogP contribution in [-0.2, 0) is 21.1 Å². The highest BCUT2D eigenvalue weighted by molar-refractivity contribution is 7.92. The van der Waals surface area contributed by atoms with Gasteiger partial charge in [-0.3, -0.25) is 4.79 Å². The van der Waals surface area contributed by atoms with E-state index in [1.165, 1.54) is 0 Å². The van der Waals surface area contributed by atoms with Crippen LogP contribution >= 0.6 is 0 Å². The van der Waals surface area contributed by atoms with Crippen LogP contribution in [0.15, 0.2) is 53.6 Å². The number of carbonyl (C=O) groups is 1. The van der Waals surface area contributed by atoms with Crippen molar-refractivity contribution in [1.82, 2.24) is 10.3 Å². The van der Waals surface area contributed by atoms with Gasteiger partial charge < -0.3 is 10.2 Å². The van der Waals surface area contributed by atoms with E-state index in [-0.39, 0.29) is 18.4 Å². The molecule has 1 atom stereocenters. The van der Waals surface area contributed by atoms with Gasteiger partial charge in [-0.25, -0.2) is 13.4 Å². The molecule has 0 spiro atoms. The zero-order chi connectivity index (χ0) is 19.4. The van der Waals surface area contributed by atoms with Gasteiger partial charge in [0.05, 0.1) is 16.6 Å². The zero-order valence-electron chi connectivity index (χ0n) is 15.6. The van der Waals surface area contributed by atoms with Crippen LogP contribution in [0.2, 0.25) is 0 Å². The Bertz CT molecular complexity index is 880. The molecule has 0 bridgehead atoms. The molecule has 1 saturated heterocycles. The summed E-state index contributed by atoms with van der Waals surface area (Å²) < 4.78 is 24.3. The monoisotopic (exact) mass is 387 g/mol. The first-order valence-corrected chi connectivity index (χ1v) is 10.7. The zero-order valence-corrected chi connectivity index (χ0v) is 16.4. The topological polar surface area (TPSA) is 79.4 Å². The van der Waals surface area contributed by atoms with Gasteiger partial charge >= 0.3 is 0 Å². The highest BCUT2D eigenvalue weighted by atomic mass is 32.2. The highest BCUT2D eigenvalue weighted by Crippen LogP contribution is 2.18. The molecule has 2 heterocycles. The Morgan fingerprint density at radius 2 is 1.96 bits per heavy atom. The number of hydrogen-bond donors (Lipinski definition) is 1. The molecule has 1 aliphatic heterocycles. The molecule has 1 fully saturated rings. The first-order valence-electron chi connectivity index (χ1n) is 9.14. The first-order chi connectivity index (χ1) is 12.9. The lowest BCUT2D eigenvalue weighted by molar-refractivity contribution is -0.121. The van der Waals surface area contributed by atoms with Crippen molar-refractivity contribution in [1.29, 1.82) is 0 Å². The molecule has 7 heteroatoms. The minimum atomic E-state index is -3.29. The molecule has 2 aromatic rings. The Morgan fingerprint density at radius 3 is 2.59 bits per heavy atom. The van der Waals surface area contributed by atoms with E-state index in [9.17, 15) is 13.2 Å². The fourth-order valence-electron chi connectivity index (χ4n) is 3.16. The molecule has 27 heavy (non-hydrogen) atoms. The van der Waals surface area contributed by atoms with Crippen molar-refractivity contribution < 1.29 is 13.2 Å². The van der Waals surface area contributed by atoms with Gasteiger partial charge in [0, 0.05) is 25.3 Å². The molecule has 0 unspecified atom stereocenters. The second-order valence-corrected chi connectivity index (χ2v) is 9.61. The number of amides is 1. The quantitative estimate of drug-likeness (QED) is 0.822.